The zero-order valence-corrected chi connectivity index (χ0v) is 12.0. The number of nitrogens with one attached hydrogen (secondary N) is 1. The molecule has 0 spiro atoms. The van der Waals surface area contributed by atoms with E-state index in [1.54, 1.807) is 24.3 Å². The summed E-state index contributed by atoms with van der Waals surface area (Å²) in [7, 11) is 0. The normalized spacial score (nSPS) is 10.9. The molecule has 22 heavy (non-hydrogen) atoms. The highest BCUT2D eigenvalue weighted by atomic mass is 35.5. The Morgan fingerprint density at radius 3 is 2.95 bits per heavy atom. The van der Waals surface area contributed by atoms with Crippen molar-refractivity contribution in [2.45, 2.75) is 6.54 Å². The second kappa shape index (κ2) is 5.75. The lowest BCUT2D eigenvalue weighted by molar-refractivity contribution is -0.0650. The molecule has 2 N–H and O–H groups in total. The first-order valence-electron chi connectivity index (χ1n) is 6.42. The summed E-state index contributed by atoms with van der Waals surface area (Å²) >= 11 is 5.85. The van der Waals surface area contributed by atoms with Crippen LogP contribution >= 0.6 is 11.6 Å². The summed E-state index contributed by atoms with van der Waals surface area (Å²) < 4.78 is 14.0. The van der Waals surface area contributed by atoms with Crippen LogP contribution in [0.1, 0.15) is 15.9 Å². The van der Waals surface area contributed by atoms with Gasteiger partial charge in [-0.25, -0.2) is 9.45 Å². The van der Waals surface area contributed by atoms with E-state index < -0.39 is 11.7 Å². The predicted octanol–water partition coefficient (Wildman–Crippen LogP) is 3.39. The molecule has 0 atom stereocenters. The average molecular weight is 320 g/mol. The number of hydrogen-bond donors (Lipinski definition) is 2. The lowest BCUT2D eigenvalue weighted by Crippen LogP contribution is -2.27. The monoisotopic (exact) mass is 319 g/mol. The second-order valence-corrected chi connectivity index (χ2v) is 5.22. The summed E-state index contributed by atoms with van der Waals surface area (Å²) in [5.74, 6) is -1.56. The van der Waals surface area contributed by atoms with Gasteiger partial charge in [-0.2, -0.15) is 5.10 Å². The topological polar surface area (TPSA) is 69.2 Å². The maximum absolute atomic E-state index is 14.0. The summed E-state index contributed by atoms with van der Waals surface area (Å²) in [6.45, 7) is -0.0974. The fourth-order valence-electron chi connectivity index (χ4n) is 2.15. The van der Waals surface area contributed by atoms with E-state index in [0.717, 1.165) is 0 Å². The Kier molecular flexibility index (Phi) is 3.79. The molecule has 0 fully saturated rings. The Balaban J connectivity index is 1.86. The van der Waals surface area contributed by atoms with Crippen LogP contribution in [0.4, 0.5) is 4.39 Å². The largest absolute Gasteiger partial charge is 0.285 e. The first kappa shape index (κ1) is 14.5. The van der Waals surface area contributed by atoms with Crippen LogP contribution in [-0.4, -0.2) is 26.4 Å². The van der Waals surface area contributed by atoms with Crippen LogP contribution in [0.5, 0.6) is 0 Å². The maximum atomic E-state index is 14.0. The zero-order valence-electron chi connectivity index (χ0n) is 11.3. The maximum Gasteiger partial charge on any atom is 0.280 e. The number of halogens is 2. The molecule has 5 nitrogen and oxygen atoms in total. The van der Waals surface area contributed by atoms with Crippen LogP contribution < -0.4 is 0 Å². The van der Waals surface area contributed by atoms with E-state index in [1.165, 1.54) is 18.3 Å². The Bertz CT molecular complexity index is 850. The van der Waals surface area contributed by atoms with Crippen LogP contribution in [-0.2, 0) is 6.54 Å². The van der Waals surface area contributed by atoms with E-state index in [0.29, 0.717) is 26.6 Å². The van der Waals surface area contributed by atoms with Crippen LogP contribution in [0.3, 0.4) is 0 Å². The van der Waals surface area contributed by atoms with Gasteiger partial charge in [0.2, 0.25) is 0 Å². The second-order valence-electron chi connectivity index (χ2n) is 4.78. The third kappa shape index (κ3) is 2.79. The number of aromatic nitrogens is 2. The van der Waals surface area contributed by atoms with E-state index in [9.17, 15) is 14.4 Å². The van der Waals surface area contributed by atoms with Crippen molar-refractivity contribution < 1.29 is 14.4 Å². The molecule has 1 heterocycles. The minimum absolute atomic E-state index is 0.0974. The van der Waals surface area contributed by atoms with E-state index >= 15 is 0 Å². The first-order chi connectivity index (χ1) is 10.5. The van der Waals surface area contributed by atoms with Crippen LogP contribution in [0.15, 0.2) is 42.6 Å². The summed E-state index contributed by atoms with van der Waals surface area (Å²) in [5.41, 5.74) is 0.911. The molecule has 0 saturated carbocycles. The summed E-state index contributed by atoms with van der Waals surface area (Å²) in [6, 6.07) is 9.22. The summed E-state index contributed by atoms with van der Waals surface area (Å²) in [6.07, 6.45) is 1.45. The standard InChI is InChI=1S/C15H11ClFN3O2/c16-11-3-1-2-9(4-11)8-20(22)15(21)12-6-14-10(5-13(12)17)7-18-19-14/h1-7,22H,8H2,(H,18,19). The van der Waals surface area contributed by atoms with Gasteiger partial charge < -0.3 is 0 Å². The van der Waals surface area contributed by atoms with Gasteiger partial charge in [-0.1, -0.05) is 23.7 Å². The number of nitrogens with zero attached hydrogens (tertiary/aromatic N) is 2. The molecule has 1 amide bonds. The quantitative estimate of drug-likeness (QED) is 0.574. The van der Waals surface area contributed by atoms with Gasteiger partial charge in [0.25, 0.3) is 5.91 Å². The van der Waals surface area contributed by atoms with Gasteiger partial charge in [0.15, 0.2) is 0 Å². The molecule has 3 aromatic rings. The molecule has 112 valence electrons. The fourth-order valence-corrected chi connectivity index (χ4v) is 2.36. The van der Waals surface area contributed by atoms with Gasteiger partial charge in [-0.15, -0.1) is 0 Å². The van der Waals surface area contributed by atoms with Gasteiger partial charge in [0, 0.05) is 10.4 Å². The first-order valence-corrected chi connectivity index (χ1v) is 6.80. The van der Waals surface area contributed by atoms with Crippen molar-refractivity contribution in [2.75, 3.05) is 0 Å². The molecule has 7 heteroatoms. The number of carbonyl (C=O) groups excluding carboxylic acids is 1. The molecule has 0 unspecified atom stereocenters. The number of aromatic amines is 1. The highest BCUT2D eigenvalue weighted by Gasteiger charge is 2.19. The van der Waals surface area contributed by atoms with E-state index in [1.807, 2.05) is 0 Å². The zero-order chi connectivity index (χ0) is 15.7. The van der Waals surface area contributed by atoms with Crippen molar-refractivity contribution in [1.29, 1.82) is 0 Å². The number of benzene rings is 2. The summed E-state index contributed by atoms with van der Waals surface area (Å²) in [4.78, 5) is 12.2. The molecule has 0 aliphatic carbocycles. The molecular formula is C15H11ClFN3O2. The lowest BCUT2D eigenvalue weighted by Gasteiger charge is -2.15. The van der Waals surface area contributed by atoms with Crippen LogP contribution in [0.25, 0.3) is 10.9 Å². The number of fused-ring (bicyclic) bond motifs is 1. The van der Waals surface area contributed by atoms with E-state index in [2.05, 4.69) is 10.2 Å². The van der Waals surface area contributed by atoms with E-state index in [-0.39, 0.29) is 12.1 Å². The highest BCUT2D eigenvalue weighted by molar-refractivity contribution is 6.30. The smallest absolute Gasteiger partial charge is 0.280 e. The number of H-pyrrole nitrogens is 1. The predicted molar refractivity (Wildman–Crippen MR) is 79.2 cm³/mol. The van der Waals surface area contributed by atoms with Gasteiger partial charge in [-0.3, -0.25) is 15.1 Å². The fraction of sp³-hybridized carbons (Fsp3) is 0.0667. The van der Waals surface area contributed by atoms with Gasteiger partial charge in [-0.05, 0) is 29.8 Å². The minimum Gasteiger partial charge on any atom is -0.285 e. The Morgan fingerprint density at radius 2 is 2.18 bits per heavy atom. The lowest BCUT2D eigenvalue weighted by atomic mass is 10.1. The molecule has 2 aromatic carbocycles. The molecule has 0 radical (unpaired) electrons. The van der Waals surface area contributed by atoms with Gasteiger partial charge in [0.1, 0.15) is 5.82 Å². The van der Waals surface area contributed by atoms with Crippen LogP contribution in [0, 0.1) is 5.82 Å². The van der Waals surface area contributed by atoms with Gasteiger partial charge in [0.05, 0.1) is 23.8 Å². The third-order valence-electron chi connectivity index (χ3n) is 3.21. The van der Waals surface area contributed by atoms with Gasteiger partial charge >= 0.3 is 0 Å². The highest BCUT2D eigenvalue weighted by Crippen LogP contribution is 2.19. The minimum atomic E-state index is -0.839. The van der Waals surface area contributed by atoms with Crippen molar-refractivity contribution >= 4 is 28.4 Å². The van der Waals surface area contributed by atoms with Crippen molar-refractivity contribution in [1.82, 2.24) is 15.3 Å². The summed E-state index contributed by atoms with van der Waals surface area (Å²) in [5, 5.41) is 17.8. The number of hydrogen-bond acceptors (Lipinski definition) is 3. The molecule has 1 aromatic heterocycles. The number of amides is 1. The van der Waals surface area contributed by atoms with Crippen molar-refractivity contribution in [3.8, 4) is 0 Å². The number of rotatable bonds is 3. The Hall–Kier alpha value is -2.44. The Labute approximate surface area is 129 Å². The van der Waals surface area contributed by atoms with Crippen molar-refractivity contribution in [3.05, 3.63) is 64.6 Å². The molecule has 0 bridgehead atoms. The number of carbonyl (C=O) groups is 1. The number of hydroxylamine groups is 2. The third-order valence-corrected chi connectivity index (χ3v) is 3.45. The van der Waals surface area contributed by atoms with Crippen molar-refractivity contribution in [2.24, 2.45) is 0 Å². The molecule has 0 saturated heterocycles. The van der Waals surface area contributed by atoms with E-state index in [4.69, 9.17) is 11.6 Å². The molecule has 3 rings (SSSR count). The van der Waals surface area contributed by atoms with Crippen molar-refractivity contribution in [3.63, 3.8) is 0 Å². The average Bonchev–Trinajstić information content (AvgIpc) is 2.92. The molecular weight excluding hydrogens is 309 g/mol. The molecule has 0 aliphatic heterocycles. The molecule has 0 aliphatic rings. The van der Waals surface area contributed by atoms with Crippen LogP contribution in [0.2, 0.25) is 5.02 Å². The SMILES string of the molecule is O=C(c1cc2[nH]ncc2cc1F)N(O)Cc1cccc(Cl)c1. The Morgan fingerprint density at radius 1 is 1.36 bits per heavy atom.